The maximum absolute atomic E-state index is 6.25. The van der Waals surface area contributed by atoms with Crippen molar-refractivity contribution in [3.63, 3.8) is 0 Å². The SMILES string of the molecule is Cc1ccc(-c2ccc(CNC34CC5CC(CC(C5)C3)C4)o2)cc1Cl. The molecule has 2 aromatic rings. The quantitative estimate of drug-likeness (QED) is 0.731. The lowest BCUT2D eigenvalue weighted by molar-refractivity contribution is -0.0213. The molecular formula is C22H26ClNO. The van der Waals surface area contributed by atoms with Gasteiger partial charge in [0.15, 0.2) is 0 Å². The predicted molar refractivity (Wildman–Crippen MR) is 102 cm³/mol. The van der Waals surface area contributed by atoms with E-state index in [2.05, 4.69) is 23.5 Å². The second-order valence-electron chi connectivity index (χ2n) is 8.78. The number of furan rings is 1. The molecule has 4 aliphatic rings. The van der Waals surface area contributed by atoms with Gasteiger partial charge < -0.3 is 9.73 Å². The van der Waals surface area contributed by atoms with Crippen LogP contribution < -0.4 is 5.32 Å². The Kier molecular flexibility index (Phi) is 3.76. The van der Waals surface area contributed by atoms with Crippen molar-refractivity contribution >= 4 is 11.6 Å². The van der Waals surface area contributed by atoms with Crippen molar-refractivity contribution in [1.29, 1.82) is 0 Å². The van der Waals surface area contributed by atoms with Crippen molar-refractivity contribution < 1.29 is 4.42 Å². The van der Waals surface area contributed by atoms with Gasteiger partial charge in [-0.05, 0) is 87.0 Å². The molecule has 1 N–H and O–H groups in total. The molecule has 132 valence electrons. The number of benzene rings is 1. The van der Waals surface area contributed by atoms with E-state index in [9.17, 15) is 0 Å². The van der Waals surface area contributed by atoms with Gasteiger partial charge in [0.05, 0.1) is 6.54 Å². The topological polar surface area (TPSA) is 25.2 Å². The van der Waals surface area contributed by atoms with Crippen LogP contribution in [0.2, 0.25) is 5.02 Å². The second kappa shape index (κ2) is 5.89. The van der Waals surface area contributed by atoms with E-state index >= 15 is 0 Å². The van der Waals surface area contributed by atoms with Crippen molar-refractivity contribution in [3.8, 4) is 11.3 Å². The Labute approximate surface area is 154 Å². The van der Waals surface area contributed by atoms with E-state index in [0.717, 1.165) is 52.0 Å². The van der Waals surface area contributed by atoms with E-state index in [1.807, 2.05) is 19.1 Å². The molecule has 6 rings (SSSR count). The van der Waals surface area contributed by atoms with Crippen LogP contribution in [0.15, 0.2) is 34.7 Å². The second-order valence-corrected chi connectivity index (χ2v) is 9.19. The number of aryl methyl sites for hydroxylation is 1. The van der Waals surface area contributed by atoms with Gasteiger partial charge in [-0.15, -0.1) is 0 Å². The Hall–Kier alpha value is -1.25. The summed E-state index contributed by atoms with van der Waals surface area (Å²) in [5.41, 5.74) is 2.53. The lowest BCUT2D eigenvalue weighted by atomic mass is 9.53. The van der Waals surface area contributed by atoms with Crippen LogP contribution >= 0.6 is 11.6 Å². The highest BCUT2D eigenvalue weighted by molar-refractivity contribution is 6.31. The molecular weight excluding hydrogens is 330 g/mol. The molecule has 4 bridgehead atoms. The molecule has 1 aromatic carbocycles. The zero-order chi connectivity index (χ0) is 17.0. The summed E-state index contributed by atoms with van der Waals surface area (Å²) in [6, 6.07) is 10.3. The van der Waals surface area contributed by atoms with Gasteiger partial charge in [0.25, 0.3) is 0 Å². The summed E-state index contributed by atoms with van der Waals surface area (Å²) < 4.78 is 6.11. The van der Waals surface area contributed by atoms with E-state index < -0.39 is 0 Å². The fourth-order valence-electron chi connectivity index (χ4n) is 5.98. The van der Waals surface area contributed by atoms with Crippen LogP contribution in [-0.2, 0) is 6.54 Å². The summed E-state index contributed by atoms with van der Waals surface area (Å²) in [7, 11) is 0. The van der Waals surface area contributed by atoms with Gasteiger partial charge in [0.1, 0.15) is 11.5 Å². The summed E-state index contributed by atoms with van der Waals surface area (Å²) >= 11 is 6.25. The highest BCUT2D eigenvalue weighted by Crippen LogP contribution is 2.55. The Morgan fingerprint density at radius 1 is 1.04 bits per heavy atom. The maximum Gasteiger partial charge on any atom is 0.134 e. The van der Waals surface area contributed by atoms with Crippen LogP contribution in [0.25, 0.3) is 11.3 Å². The highest BCUT2D eigenvalue weighted by Gasteiger charge is 2.50. The van der Waals surface area contributed by atoms with Gasteiger partial charge in [-0.2, -0.15) is 0 Å². The zero-order valence-corrected chi connectivity index (χ0v) is 15.6. The minimum Gasteiger partial charge on any atom is -0.460 e. The van der Waals surface area contributed by atoms with Crippen LogP contribution in [0.1, 0.15) is 49.8 Å². The van der Waals surface area contributed by atoms with Gasteiger partial charge in [0, 0.05) is 16.1 Å². The fraction of sp³-hybridized carbons (Fsp3) is 0.545. The van der Waals surface area contributed by atoms with Crippen LogP contribution in [0.4, 0.5) is 0 Å². The standard InChI is InChI=1S/C22H26ClNO/c1-14-2-3-18(9-20(14)23)21-5-4-19(25-21)13-24-22-10-15-6-16(11-22)8-17(7-15)12-22/h2-5,9,15-17,24H,6-8,10-13H2,1H3. The first-order chi connectivity index (χ1) is 12.1. The molecule has 25 heavy (non-hydrogen) atoms. The molecule has 0 saturated heterocycles. The summed E-state index contributed by atoms with van der Waals surface area (Å²) in [6.07, 6.45) is 8.58. The molecule has 1 heterocycles. The Morgan fingerprint density at radius 3 is 2.36 bits per heavy atom. The molecule has 4 saturated carbocycles. The Bertz CT molecular complexity index is 758. The molecule has 0 unspecified atom stereocenters. The largest absolute Gasteiger partial charge is 0.460 e. The Morgan fingerprint density at radius 2 is 1.72 bits per heavy atom. The lowest BCUT2D eigenvalue weighted by Gasteiger charge is -2.57. The van der Waals surface area contributed by atoms with Crippen molar-refractivity contribution in [2.24, 2.45) is 17.8 Å². The average Bonchev–Trinajstić information content (AvgIpc) is 3.03. The normalized spacial score (nSPS) is 33.1. The third kappa shape index (κ3) is 2.94. The van der Waals surface area contributed by atoms with Crippen LogP contribution in [0.5, 0.6) is 0 Å². The van der Waals surface area contributed by atoms with Crippen molar-refractivity contribution in [1.82, 2.24) is 5.32 Å². The average molecular weight is 356 g/mol. The molecule has 0 amide bonds. The van der Waals surface area contributed by atoms with Crippen LogP contribution in [0, 0.1) is 24.7 Å². The van der Waals surface area contributed by atoms with Gasteiger partial charge >= 0.3 is 0 Å². The number of hydrogen-bond acceptors (Lipinski definition) is 2. The smallest absolute Gasteiger partial charge is 0.134 e. The number of hydrogen-bond donors (Lipinski definition) is 1. The molecule has 0 atom stereocenters. The molecule has 0 spiro atoms. The van der Waals surface area contributed by atoms with Crippen molar-refractivity contribution in [3.05, 3.63) is 46.7 Å². The fourth-order valence-corrected chi connectivity index (χ4v) is 6.16. The predicted octanol–water partition coefficient (Wildman–Crippen LogP) is 5.97. The molecule has 0 radical (unpaired) electrons. The molecule has 3 heteroatoms. The van der Waals surface area contributed by atoms with Crippen LogP contribution in [0.3, 0.4) is 0 Å². The Balaban J connectivity index is 1.29. The molecule has 0 aliphatic heterocycles. The highest BCUT2D eigenvalue weighted by atomic mass is 35.5. The first-order valence-corrected chi connectivity index (χ1v) is 10.1. The summed E-state index contributed by atoms with van der Waals surface area (Å²) in [4.78, 5) is 0. The van der Waals surface area contributed by atoms with Gasteiger partial charge in [-0.25, -0.2) is 0 Å². The van der Waals surface area contributed by atoms with Crippen LogP contribution in [-0.4, -0.2) is 5.54 Å². The third-order valence-electron chi connectivity index (χ3n) is 6.79. The molecule has 4 aliphatic carbocycles. The minimum absolute atomic E-state index is 0.384. The third-order valence-corrected chi connectivity index (χ3v) is 7.20. The molecule has 2 nitrogen and oxygen atoms in total. The van der Waals surface area contributed by atoms with Gasteiger partial charge in [0.2, 0.25) is 0 Å². The number of halogens is 1. The molecule has 4 fully saturated rings. The first-order valence-electron chi connectivity index (χ1n) is 9.69. The summed E-state index contributed by atoms with van der Waals surface area (Å²) in [6.45, 7) is 2.86. The van der Waals surface area contributed by atoms with E-state index in [0.29, 0.717) is 5.54 Å². The van der Waals surface area contributed by atoms with E-state index in [1.54, 1.807) is 0 Å². The monoisotopic (exact) mass is 355 g/mol. The summed E-state index contributed by atoms with van der Waals surface area (Å²) in [5, 5.41) is 4.70. The molecule has 1 aromatic heterocycles. The van der Waals surface area contributed by atoms with Gasteiger partial charge in [-0.3, -0.25) is 0 Å². The minimum atomic E-state index is 0.384. The van der Waals surface area contributed by atoms with Gasteiger partial charge in [-0.1, -0.05) is 23.7 Å². The van der Waals surface area contributed by atoms with E-state index in [1.165, 1.54) is 38.5 Å². The first kappa shape index (κ1) is 16.0. The zero-order valence-electron chi connectivity index (χ0n) is 14.9. The summed E-state index contributed by atoms with van der Waals surface area (Å²) in [5.74, 6) is 4.86. The van der Waals surface area contributed by atoms with Crippen molar-refractivity contribution in [2.45, 2.75) is 57.5 Å². The van der Waals surface area contributed by atoms with E-state index in [-0.39, 0.29) is 0 Å². The number of rotatable bonds is 4. The van der Waals surface area contributed by atoms with E-state index in [4.69, 9.17) is 16.0 Å². The van der Waals surface area contributed by atoms with Crippen molar-refractivity contribution in [2.75, 3.05) is 0 Å². The maximum atomic E-state index is 6.25. The number of nitrogens with one attached hydrogen (secondary N) is 1. The lowest BCUT2D eigenvalue weighted by Crippen LogP contribution is -2.58.